The van der Waals surface area contributed by atoms with Crippen molar-refractivity contribution in [3.05, 3.63) is 0 Å². The molecule has 1 aliphatic heterocycles. The summed E-state index contributed by atoms with van der Waals surface area (Å²) in [6.07, 6.45) is 9.50. The van der Waals surface area contributed by atoms with Crippen molar-refractivity contribution in [2.75, 3.05) is 26.7 Å². The number of ether oxygens (including phenoxy) is 1. The van der Waals surface area contributed by atoms with E-state index in [9.17, 15) is 0 Å². The minimum absolute atomic E-state index is 0.295. The van der Waals surface area contributed by atoms with Crippen LogP contribution in [0.25, 0.3) is 0 Å². The molecule has 1 saturated carbocycles. The maximum Gasteiger partial charge on any atom is 0.0595 e. The monoisotopic (exact) mass is 254 g/mol. The molecule has 3 nitrogen and oxygen atoms in total. The Balaban J connectivity index is 1.98. The maximum absolute atomic E-state index is 6.18. The molecule has 0 amide bonds. The molecule has 0 bridgehead atoms. The SMILES string of the molecule is COC1CCN(C2(CN)CCCC(C)CC2)CC1. The van der Waals surface area contributed by atoms with E-state index < -0.39 is 0 Å². The molecule has 106 valence electrons. The molecular formula is C15H30N2O. The van der Waals surface area contributed by atoms with Crippen LogP contribution in [0, 0.1) is 5.92 Å². The summed E-state index contributed by atoms with van der Waals surface area (Å²) in [4.78, 5) is 2.68. The van der Waals surface area contributed by atoms with E-state index >= 15 is 0 Å². The molecule has 0 aromatic heterocycles. The summed E-state index contributed by atoms with van der Waals surface area (Å²) in [5, 5.41) is 0. The van der Waals surface area contributed by atoms with Gasteiger partial charge in [-0.3, -0.25) is 4.90 Å². The number of nitrogens with two attached hydrogens (primary N) is 1. The number of methoxy groups -OCH3 is 1. The highest BCUT2D eigenvalue weighted by Crippen LogP contribution is 2.35. The zero-order chi connectivity index (χ0) is 13.0. The second kappa shape index (κ2) is 6.36. The average molecular weight is 254 g/mol. The summed E-state index contributed by atoms with van der Waals surface area (Å²) in [6.45, 7) is 5.56. The lowest BCUT2D eigenvalue weighted by Gasteiger charge is -2.46. The second-order valence-electron chi connectivity index (χ2n) is 6.39. The highest BCUT2D eigenvalue weighted by atomic mass is 16.5. The van der Waals surface area contributed by atoms with Crippen LogP contribution in [0.4, 0.5) is 0 Å². The van der Waals surface area contributed by atoms with Crippen LogP contribution in [0.1, 0.15) is 51.9 Å². The Kier molecular flexibility index (Phi) is 5.05. The van der Waals surface area contributed by atoms with Gasteiger partial charge in [0.2, 0.25) is 0 Å². The average Bonchev–Trinajstić information content (AvgIpc) is 2.62. The number of nitrogens with zero attached hydrogens (tertiary/aromatic N) is 1. The molecule has 18 heavy (non-hydrogen) atoms. The van der Waals surface area contributed by atoms with Gasteiger partial charge in [0.1, 0.15) is 0 Å². The van der Waals surface area contributed by atoms with Gasteiger partial charge in [-0.05, 0) is 38.0 Å². The zero-order valence-electron chi connectivity index (χ0n) is 12.2. The van der Waals surface area contributed by atoms with E-state index in [1.165, 1.54) is 58.0 Å². The van der Waals surface area contributed by atoms with Gasteiger partial charge in [-0.25, -0.2) is 0 Å². The Bertz CT molecular complexity index is 251. The lowest BCUT2D eigenvalue weighted by molar-refractivity contribution is -0.00805. The Morgan fingerprint density at radius 2 is 1.89 bits per heavy atom. The number of rotatable bonds is 3. The molecule has 3 heteroatoms. The van der Waals surface area contributed by atoms with E-state index in [4.69, 9.17) is 10.5 Å². The zero-order valence-corrected chi connectivity index (χ0v) is 12.2. The first-order valence-corrected chi connectivity index (χ1v) is 7.68. The Labute approximate surface area is 112 Å². The molecule has 2 fully saturated rings. The van der Waals surface area contributed by atoms with Gasteiger partial charge in [-0.1, -0.05) is 19.8 Å². The predicted molar refractivity (Wildman–Crippen MR) is 75.6 cm³/mol. The molecule has 1 saturated heterocycles. The van der Waals surface area contributed by atoms with E-state index in [1.54, 1.807) is 0 Å². The van der Waals surface area contributed by atoms with Gasteiger partial charge < -0.3 is 10.5 Å². The summed E-state index contributed by atoms with van der Waals surface area (Å²) in [7, 11) is 1.84. The summed E-state index contributed by atoms with van der Waals surface area (Å²) >= 11 is 0. The molecule has 2 rings (SSSR count). The third-order valence-corrected chi connectivity index (χ3v) is 5.27. The molecule has 0 radical (unpaired) electrons. The Morgan fingerprint density at radius 1 is 1.17 bits per heavy atom. The van der Waals surface area contributed by atoms with Gasteiger partial charge in [-0.2, -0.15) is 0 Å². The van der Waals surface area contributed by atoms with Crippen molar-refractivity contribution in [1.82, 2.24) is 4.90 Å². The summed E-state index contributed by atoms with van der Waals surface area (Å²) < 4.78 is 5.48. The Morgan fingerprint density at radius 3 is 2.50 bits per heavy atom. The normalized spacial score (nSPS) is 36.5. The lowest BCUT2D eigenvalue weighted by Crippen LogP contribution is -2.56. The van der Waals surface area contributed by atoms with Crippen molar-refractivity contribution < 1.29 is 4.74 Å². The fraction of sp³-hybridized carbons (Fsp3) is 1.00. The number of likely N-dealkylation sites (tertiary alicyclic amines) is 1. The van der Waals surface area contributed by atoms with Crippen LogP contribution < -0.4 is 5.73 Å². The van der Waals surface area contributed by atoms with Crippen LogP contribution in [0.3, 0.4) is 0 Å². The minimum atomic E-state index is 0.295. The van der Waals surface area contributed by atoms with E-state index in [1.807, 2.05) is 7.11 Å². The van der Waals surface area contributed by atoms with Crippen molar-refractivity contribution in [1.29, 1.82) is 0 Å². The first-order valence-electron chi connectivity index (χ1n) is 7.68. The van der Waals surface area contributed by atoms with E-state index in [0.29, 0.717) is 11.6 Å². The first kappa shape index (κ1) is 14.3. The molecule has 0 spiro atoms. The van der Waals surface area contributed by atoms with Crippen molar-refractivity contribution >= 4 is 0 Å². The van der Waals surface area contributed by atoms with Crippen molar-refractivity contribution in [2.24, 2.45) is 11.7 Å². The fourth-order valence-electron chi connectivity index (χ4n) is 3.78. The van der Waals surface area contributed by atoms with Gasteiger partial charge >= 0.3 is 0 Å². The van der Waals surface area contributed by atoms with Crippen molar-refractivity contribution in [3.63, 3.8) is 0 Å². The maximum atomic E-state index is 6.18. The van der Waals surface area contributed by atoms with Crippen LogP contribution in [-0.2, 0) is 4.74 Å². The van der Waals surface area contributed by atoms with Crippen molar-refractivity contribution in [2.45, 2.75) is 63.5 Å². The third kappa shape index (κ3) is 3.06. The molecule has 0 aromatic rings. The molecule has 1 heterocycles. The standard InChI is InChI=1S/C15H30N2O/c1-13-4-3-8-15(12-16,9-5-13)17-10-6-14(18-2)7-11-17/h13-14H,3-12,16H2,1-2H3. The molecular weight excluding hydrogens is 224 g/mol. The highest BCUT2D eigenvalue weighted by molar-refractivity contribution is 4.95. The van der Waals surface area contributed by atoms with Crippen LogP contribution in [0.5, 0.6) is 0 Å². The summed E-state index contributed by atoms with van der Waals surface area (Å²) in [5.74, 6) is 0.884. The highest BCUT2D eigenvalue weighted by Gasteiger charge is 2.38. The predicted octanol–water partition coefficient (Wildman–Crippen LogP) is 2.39. The van der Waals surface area contributed by atoms with Crippen LogP contribution in [0.15, 0.2) is 0 Å². The van der Waals surface area contributed by atoms with E-state index in [-0.39, 0.29) is 0 Å². The van der Waals surface area contributed by atoms with Crippen LogP contribution in [-0.4, -0.2) is 43.3 Å². The van der Waals surface area contributed by atoms with Gasteiger partial charge in [-0.15, -0.1) is 0 Å². The lowest BCUT2D eigenvalue weighted by atomic mass is 9.86. The van der Waals surface area contributed by atoms with Crippen LogP contribution >= 0.6 is 0 Å². The van der Waals surface area contributed by atoms with Gasteiger partial charge in [0.25, 0.3) is 0 Å². The van der Waals surface area contributed by atoms with Crippen LogP contribution in [0.2, 0.25) is 0 Å². The summed E-state index contributed by atoms with van der Waals surface area (Å²) in [6, 6.07) is 0. The number of hydrogen-bond acceptors (Lipinski definition) is 3. The van der Waals surface area contributed by atoms with Gasteiger partial charge in [0.15, 0.2) is 0 Å². The molecule has 2 aliphatic rings. The first-order chi connectivity index (χ1) is 8.70. The van der Waals surface area contributed by atoms with Gasteiger partial charge in [0.05, 0.1) is 6.10 Å². The molecule has 2 unspecified atom stereocenters. The second-order valence-corrected chi connectivity index (χ2v) is 6.39. The molecule has 2 atom stereocenters. The quantitative estimate of drug-likeness (QED) is 0.786. The van der Waals surface area contributed by atoms with Crippen molar-refractivity contribution in [3.8, 4) is 0 Å². The van der Waals surface area contributed by atoms with Gasteiger partial charge in [0, 0.05) is 32.3 Å². The molecule has 0 aromatic carbocycles. The minimum Gasteiger partial charge on any atom is -0.381 e. The van der Waals surface area contributed by atoms with E-state index in [2.05, 4.69) is 11.8 Å². The van der Waals surface area contributed by atoms with E-state index in [0.717, 1.165) is 12.5 Å². The summed E-state index contributed by atoms with van der Waals surface area (Å²) in [5.41, 5.74) is 6.47. The smallest absolute Gasteiger partial charge is 0.0595 e. The Hall–Kier alpha value is -0.120. The molecule has 1 aliphatic carbocycles. The third-order valence-electron chi connectivity index (χ3n) is 5.27. The largest absolute Gasteiger partial charge is 0.381 e. The fourth-order valence-corrected chi connectivity index (χ4v) is 3.78. The number of hydrogen-bond donors (Lipinski definition) is 1. The number of piperidine rings is 1. The topological polar surface area (TPSA) is 38.5 Å². The molecule has 2 N–H and O–H groups in total.